The fourth-order valence-corrected chi connectivity index (χ4v) is 4.70. The molecule has 6 rings (SSSR count). The van der Waals surface area contributed by atoms with Crippen molar-refractivity contribution in [2.45, 2.75) is 19.3 Å². The number of piperidine rings is 1. The van der Waals surface area contributed by atoms with Crippen LogP contribution in [0.4, 0.5) is 0 Å². The van der Waals surface area contributed by atoms with Crippen LogP contribution in [0.25, 0.3) is 11.3 Å². The molecule has 4 aromatic rings. The number of halogens is 2. The third kappa shape index (κ3) is 5.57. The summed E-state index contributed by atoms with van der Waals surface area (Å²) in [6, 6.07) is 3.44. The minimum Gasteiger partial charge on any atom is -0.378 e. The van der Waals surface area contributed by atoms with Gasteiger partial charge in [0, 0.05) is 63.1 Å². The van der Waals surface area contributed by atoms with Crippen LogP contribution < -0.4 is 0 Å². The fraction of sp³-hybridized carbons (Fsp3) is 0.391. The quantitative estimate of drug-likeness (QED) is 0.339. The monoisotopic (exact) mass is 618 g/mol. The first kappa shape index (κ1) is 24.8. The van der Waals surface area contributed by atoms with Gasteiger partial charge in [-0.2, -0.15) is 10.2 Å². The van der Waals surface area contributed by atoms with Crippen molar-refractivity contribution in [2.75, 3.05) is 39.4 Å². The molecule has 0 atom stereocenters. The third-order valence-corrected chi connectivity index (χ3v) is 6.76. The average Bonchev–Trinajstić information content (AvgIpc) is 3.53. The molecule has 0 radical (unpaired) electrons. The largest absolute Gasteiger partial charge is 0.378 e. The highest BCUT2D eigenvalue weighted by molar-refractivity contribution is 9.10. The van der Waals surface area contributed by atoms with Crippen LogP contribution in [-0.4, -0.2) is 90.2 Å². The molecule has 0 saturated carbocycles. The van der Waals surface area contributed by atoms with E-state index < -0.39 is 0 Å². The van der Waals surface area contributed by atoms with Crippen LogP contribution in [0.5, 0.6) is 0 Å². The number of nitrogens with zero attached hydrogens (tertiary/aromatic N) is 8. The summed E-state index contributed by atoms with van der Waals surface area (Å²) in [6.07, 6.45) is 10.3. The zero-order valence-electron chi connectivity index (χ0n) is 19.4. The van der Waals surface area contributed by atoms with E-state index in [-0.39, 0.29) is 11.8 Å². The zero-order chi connectivity index (χ0) is 25.1. The molecule has 4 aromatic heterocycles. The molecule has 2 saturated heterocycles. The first-order valence-electron chi connectivity index (χ1n) is 11.7. The van der Waals surface area contributed by atoms with Crippen molar-refractivity contribution in [2.24, 2.45) is 0 Å². The Labute approximate surface area is 223 Å². The molecule has 2 aliphatic heterocycles. The maximum Gasteiger partial charge on any atom is 0.274 e. The molecule has 36 heavy (non-hydrogen) atoms. The van der Waals surface area contributed by atoms with Crippen LogP contribution in [0, 0.1) is 0 Å². The number of morpholine rings is 1. The molecule has 6 heterocycles. The minimum atomic E-state index is -0.0695. The van der Waals surface area contributed by atoms with E-state index in [4.69, 9.17) is 4.74 Å². The lowest BCUT2D eigenvalue weighted by Gasteiger charge is -2.25. The van der Waals surface area contributed by atoms with Gasteiger partial charge in [-0.3, -0.25) is 9.59 Å². The standard InChI is InChI=1S/C12H13BrN4O.C11H11BrN4O2/c13-9-7-14-11-6-10(15-17(11)8-9)12(18)16-4-2-1-3-5-16;12-8-6-13-10-5-9(14-16(10)7-8)11(17)15-1-3-18-4-2-15/h6-8H,1-5H2;5-7H,1-4H2. The summed E-state index contributed by atoms with van der Waals surface area (Å²) in [6.45, 7) is 4.08. The van der Waals surface area contributed by atoms with Gasteiger partial charge in [-0.25, -0.2) is 19.0 Å². The summed E-state index contributed by atoms with van der Waals surface area (Å²) in [7, 11) is 0. The Hall–Kier alpha value is -2.90. The third-order valence-electron chi connectivity index (χ3n) is 5.94. The Morgan fingerprint density at radius 2 is 1.19 bits per heavy atom. The van der Waals surface area contributed by atoms with E-state index in [2.05, 4.69) is 52.0 Å². The van der Waals surface area contributed by atoms with E-state index in [1.165, 1.54) is 6.42 Å². The van der Waals surface area contributed by atoms with Crippen LogP contribution in [0.3, 0.4) is 0 Å². The number of likely N-dealkylation sites (tertiary alicyclic amines) is 1. The van der Waals surface area contributed by atoms with Gasteiger partial charge in [0.1, 0.15) is 0 Å². The van der Waals surface area contributed by atoms with Crippen molar-refractivity contribution in [3.05, 3.63) is 57.3 Å². The smallest absolute Gasteiger partial charge is 0.274 e. The fourth-order valence-electron chi connectivity index (χ4n) is 4.10. The zero-order valence-corrected chi connectivity index (χ0v) is 22.6. The molecule has 188 valence electrons. The van der Waals surface area contributed by atoms with Crippen molar-refractivity contribution in [3.8, 4) is 0 Å². The Bertz CT molecular complexity index is 1290. The maximum absolute atomic E-state index is 12.3. The molecule has 0 spiro atoms. The van der Waals surface area contributed by atoms with E-state index in [0.29, 0.717) is 49.0 Å². The average molecular weight is 620 g/mol. The van der Waals surface area contributed by atoms with Crippen molar-refractivity contribution in [3.63, 3.8) is 0 Å². The summed E-state index contributed by atoms with van der Waals surface area (Å²) in [5.74, 6) is -0.0590. The van der Waals surface area contributed by atoms with Gasteiger partial charge in [-0.1, -0.05) is 0 Å². The highest BCUT2D eigenvalue weighted by atomic mass is 79.9. The first-order valence-corrected chi connectivity index (χ1v) is 13.2. The molecule has 0 aromatic carbocycles. The van der Waals surface area contributed by atoms with Crippen molar-refractivity contribution < 1.29 is 14.3 Å². The Morgan fingerprint density at radius 3 is 1.69 bits per heavy atom. The number of carbonyl (C=O) groups excluding carboxylic acids is 2. The molecule has 0 bridgehead atoms. The number of rotatable bonds is 2. The number of amides is 2. The molecular weight excluding hydrogens is 596 g/mol. The number of ether oxygens (including phenoxy) is 1. The molecule has 2 amide bonds. The molecule has 13 heteroatoms. The summed E-state index contributed by atoms with van der Waals surface area (Å²) in [5.41, 5.74) is 2.25. The van der Waals surface area contributed by atoms with Gasteiger partial charge < -0.3 is 14.5 Å². The molecular formula is C23H24Br2N8O3. The van der Waals surface area contributed by atoms with Gasteiger partial charge in [-0.05, 0) is 51.1 Å². The number of fused-ring (bicyclic) bond motifs is 2. The van der Waals surface area contributed by atoms with Crippen molar-refractivity contribution in [1.29, 1.82) is 0 Å². The number of hydrogen-bond acceptors (Lipinski definition) is 7. The van der Waals surface area contributed by atoms with E-state index in [1.54, 1.807) is 50.9 Å². The molecule has 0 N–H and O–H groups in total. The Balaban J connectivity index is 0.000000148. The van der Waals surface area contributed by atoms with Gasteiger partial charge in [-0.15, -0.1) is 0 Å². The summed E-state index contributed by atoms with van der Waals surface area (Å²) >= 11 is 6.66. The van der Waals surface area contributed by atoms with Crippen LogP contribution >= 0.6 is 31.9 Å². The molecule has 0 aliphatic carbocycles. The second kappa shape index (κ2) is 11.0. The lowest BCUT2D eigenvalue weighted by atomic mass is 10.1. The van der Waals surface area contributed by atoms with Crippen LogP contribution in [0.1, 0.15) is 40.2 Å². The highest BCUT2D eigenvalue weighted by Crippen LogP contribution is 2.15. The molecule has 11 nitrogen and oxygen atoms in total. The van der Waals surface area contributed by atoms with E-state index >= 15 is 0 Å². The van der Waals surface area contributed by atoms with Gasteiger partial charge in [0.05, 0.1) is 22.2 Å². The normalized spacial score (nSPS) is 16.2. The Morgan fingerprint density at radius 1 is 0.722 bits per heavy atom. The lowest BCUT2D eigenvalue weighted by molar-refractivity contribution is 0.0299. The second-order valence-electron chi connectivity index (χ2n) is 8.47. The lowest BCUT2D eigenvalue weighted by Crippen LogP contribution is -2.40. The summed E-state index contributed by atoms with van der Waals surface area (Å²) < 4.78 is 10.1. The predicted molar refractivity (Wildman–Crippen MR) is 138 cm³/mol. The maximum atomic E-state index is 12.3. The van der Waals surface area contributed by atoms with E-state index in [9.17, 15) is 9.59 Å². The number of aromatic nitrogens is 6. The SMILES string of the molecule is O=C(c1cc2ncc(Br)cn2n1)N1CCCCC1.O=C(c1cc2ncc(Br)cn2n1)N1CCOCC1. The minimum absolute atomic E-state index is 0.0105. The number of hydrogen-bond donors (Lipinski definition) is 0. The van der Waals surface area contributed by atoms with Crippen LogP contribution in [0.15, 0.2) is 45.9 Å². The molecule has 2 aliphatic rings. The van der Waals surface area contributed by atoms with Crippen molar-refractivity contribution in [1.82, 2.24) is 39.0 Å². The number of carbonyl (C=O) groups is 2. The highest BCUT2D eigenvalue weighted by Gasteiger charge is 2.22. The van der Waals surface area contributed by atoms with Gasteiger partial charge in [0.25, 0.3) is 11.8 Å². The summed E-state index contributed by atoms with van der Waals surface area (Å²) in [4.78, 5) is 36.5. The van der Waals surface area contributed by atoms with Gasteiger partial charge >= 0.3 is 0 Å². The molecule has 0 unspecified atom stereocenters. The topological polar surface area (TPSA) is 110 Å². The van der Waals surface area contributed by atoms with Crippen molar-refractivity contribution >= 4 is 55.0 Å². The van der Waals surface area contributed by atoms with Crippen LogP contribution in [0.2, 0.25) is 0 Å². The van der Waals surface area contributed by atoms with E-state index in [0.717, 1.165) is 34.9 Å². The Kier molecular flexibility index (Phi) is 7.58. The van der Waals surface area contributed by atoms with Gasteiger partial charge in [0.2, 0.25) is 0 Å². The summed E-state index contributed by atoms with van der Waals surface area (Å²) in [5, 5.41) is 8.52. The molecule has 2 fully saturated rings. The second-order valence-corrected chi connectivity index (χ2v) is 10.3. The van der Waals surface area contributed by atoms with E-state index in [1.807, 2.05) is 4.90 Å². The van der Waals surface area contributed by atoms with Crippen LogP contribution in [-0.2, 0) is 4.74 Å². The first-order chi connectivity index (χ1) is 17.5. The van der Waals surface area contributed by atoms with Gasteiger partial charge in [0.15, 0.2) is 22.7 Å². The predicted octanol–water partition coefficient (Wildman–Crippen LogP) is 3.08.